The highest BCUT2D eigenvalue weighted by Crippen LogP contribution is 2.21. The van der Waals surface area contributed by atoms with Gasteiger partial charge in [0.2, 0.25) is 0 Å². The second kappa shape index (κ2) is 3.21. The lowest BCUT2D eigenvalue weighted by Gasteiger charge is -2.10. The van der Waals surface area contributed by atoms with Crippen LogP contribution < -0.4 is 0 Å². The maximum absolute atomic E-state index is 3.95. The summed E-state index contributed by atoms with van der Waals surface area (Å²) in [6, 6.07) is 0. The summed E-state index contributed by atoms with van der Waals surface area (Å²) in [5.74, 6) is 0. The second-order valence-corrected chi connectivity index (χ2v) is 2.41. The van der Waals surface area contributed by atoms with Crippen LogP contribution in [-0.4, -0.2) is 0 Å². The van der Waals surface area contributed by atoms with Gasteiger partial charge >= 0.3 is 0 Å². The zero-order valence-electron chi connectivity index (χ0n) is 6.14. The Labute approximate surface area is 62.3 Å². The molecule has 0 fully saturated rings. The van der Waals surface area contributed by atoms with Crippen molar-refractivity contribution in [1.29, 1.82) is 0 Å². The van der Waals surface area contributed by atoms with Crippen LogP contribution in [0.4, 0.5) is 0 Å². The Kier molecular flexibility index (Phi) is 2.27. The molecule has 0 N–H and O–H groups in total. The van der Waals surface area contributed by atoms with E-state index in [0.717, 1.165) is 12.8 Å². The third kappa shape index (κ3) is 1.47. The van der Waals surface area contributed by atoms with E-state index in [1.165, 1.54) is 11.1 Å². The molecule has 0 heterocycles. The Morgan fingerprint density at radius 2 is 2.00 bits per heavy atom. The van der Waals surface area contributed by atoms with E-state index < -0.39 is 0 Å². The molecule has 1 rings (SSSR count). The summed E-state index contributed by atoms with van der Waals surface area (Å²) < 4.78 is 0. The van der Waals surface area contributed by atoms with E-state index in [0.29, 0.717) is 0 Å². The predicted octanol–water partition coefficient (Wildman–Crippen LogP) is 3.01. The topological polar surface area (TPSA) is 0 Å². The molecule has 0 aliphatic heterocycles. The van der Waals surface area contributed by atoms with Crippen LogP contribution in [0.5, 0.6) is 0 Å². The Hall–Kier alpha value is -1.04. The van der Waals surface area contributed by atoms with E-state index in [4.69, 9.17) is 0 Å². The Morgan fingerprint density at radius 3 is 2.60 bits per heavy atom. The summed E-state index contributed by atoms with van der Waals surface area (Å²) in [5, 5.41) is 0. The summed E-state index contributed by atoms with van der Waals surface area (Å²) in [6.07, 6.45) is 10.2. The van der Waals surface area contributed by atoms with Crippen molar-refractivity contribution in [2.75, 3.05) is 0 Å². The summed E-state index contributed by atoms with van der Waals surface area (Å²) in [7, 11) is 0. The fraction of sp³-hybridized carbons (Fsp3) is 0.200. The minimum Gasteiger partial charge on any atom is -0.0991 e. The average molecular weight is 132 g/mol. The lowest BCUT2D eigenvalue weighted by Crippen LogP contribution is -1.90. The van der Waals surface area contributed by atoms with Crippen LogP contribution in [0.25, 0.3) is 0 Å². The number of allylic oxidation sites excluding steroid dienone is 6. The van der Waals surface area contributed by atoms with Crippen LogP contribution in [0.1, 0.15) is 12.8 Å². The van der Waals surface area contributed by atoms with E-state index in [9.17, 15) is 0 Å². The monoisotopic (exact) mass is 132 g/mol. The molecule has 0 saturated heterocycles. The number of rotatable bonds is 1. The second-order valence-electron chi connectivity index (χ2n) is 2.41. The van der Waals surface area contributed by atoms with E-state index in [2.05, 4.69) is 25.3 Å². The maximum Gasteiger partial charge on any atom is -0.00947 e. The molecule has 0 aromatic carbocycles. The fourth-order valence-electron chi connectivity index (χ4n) is 1.04. The summed E-state index contributed by atoms with van der Waals surface area (Å²) in [5.41, 5.74) is 2.54. The highest BCUT2D eigenvalue weighted by atomic mass is 14.1. The van der Waals surface area contributed by atoms with Crippen LogP contribution >= 0.6 is 0 Å². The van der Waals surface area contributed by atoms with E-state index in [1.807, 2.05) is 12.2 Å². The first-order chi connectivity index (χ1) is 4.84. The van der Waals surface area contributed by atoms with Gasteiger partial charge in [-0.2, -0.15) is 0 Å². The van der Waals surface area contributed by atoms with Gasteiger partial charge in [0, 0.05) is 0 Å². The third-order valence-electron chi connectivity index (χ3n) is 1.64. The molecular formula is C10H12. The van der Waals surface area contributed by atoms with Crippen LogP contribution in [0, 0.1) is 0 Å². The molecule has 0 nitrogen and oxygen atoms in total. The van der Waals surface area contributed by atoms with Gasteiger partial charge in [0.1, 0.15) is 0 Å². The SMILES string of the molecule is C=C/C=C1/CC=CCC1=C. The van der Waals surface area contributed by atoms with Crippen molar-refractivity contribution in [2.45, 2.75) is 12.8 Å². The molecule has 52 valence electrons. The summed E-state index contributed by atoms with van der Waals surface area (Å²) >= 11 is 0. The third-order valence-corrected chi connectivity index (χ3v) is 1.64. The minimum atomic E-state index is 1.000. The number of hydrogen-bond acceptors (Lipinski definition) is 0. The lowest BCUT2D eigenvalue weighted by atomic mass is 9.96. The van der Waals surface area contributed by atoms with Crippen LogP contribution in [0.15, 0.2) is 48.6 Å². The van der Waals surface area contributed by atoms with Gasteiger partial charge in [-0.1, -0.05) is 37.5 Å². The molecule has 0 aromatic rings. The van der Waals surface area contributed by atoms with Crippen molar-refractivity contribution in [2.24, 2.45) is 0 Å². The first-order valence-corrected chi connectivity index (χ1v) is 3.49. The van der Waals surface area contributed by atoms with Gasteiger partial charge in [-0.3, -0.25) is 0 Å². The molecular weight excluding hydrogens is 120 g/mol. The molecule has 10 heavy (non-hydrogen) atoms. The highest BCUT2D eigenvalue weighted by molar-refractivity contribution is 5.37. The lowest BCUT2D eigenvalue weighted by molar-refractivity contribution is 1.09. The van der Waals surface area contributed by atoms with E-state index >= 15 is 0 Å². The maximum atomic E-state index is 3.95. The molecule has 0 saturated carbocycles. The first-order valence-electron chi connectivity index (χ1n) is 3.49. The molecule has 0 heteroatoms. The van der Waals surface area contributed by atoms with Gasteiger partial charge in [-0.25, -0.2) is 0 Å². The molecule has 0 bridgehead atoms. The van der Waals surface area contributed by atoms with E-state index in [1.54, 1.807) is 0 Å². The van der Waals surface area contributed by atoms with Crippen molar-refractivity contribution in [1.82, 2.24) is 0 Å². The van der Waals surface area contributed by atoms with Gasteiger partial charge in [0.15, 0.2) is 0 Å². The zero-order chi connectivity index (χ0) is 7.40. The molecule has 0 atom stereocenters. The Balaban J connectivity index is 2.77. The minimum absolute atomic E-state index is 1.000. The molecule has 1 aliphatic rings. The first kappa shape index (κ1) is 7.07. The van der Waals surface area contributed by atoms with Crippen LogP contribution in [0.3, 0.4) is 0 Å². The largest absolute Gasteiger partial charge is 0.0991 e. The van der Waals surface area contributed by atoms with Crippen molar-refractivity contribution in [3.63, 3.8) is 0 Å². The summed E-state index contributed by atoms with van der Waals surface area (Å²) in [6.45, 7) is 7.59. The Bertz CT molecular complexity index is 204. The molecule has 0 aromatic heterocycles. The standard InChI is InChI=1S/C10H12/c1-3-6-10-8-5-4-7-9(10)2/h3-6H,1-2,7-8H2/b10-6-. The Morgan fingerprint density at radius 1 is 1.30 bits per heavy atom. The van der Waals surface area contributed by atoms with Crippen molar-refractivity contribution >= 4 is 0 Å². The molecule has 0 amide bonds. The molecule has 1 aliphatic carbocycles. The van der Waals surface area contributed by atoms with Crippen LogP contribution in [-0.2, 0) is 0 Å². The number of hydrogen-bond donors (Lipinski definition) is 0. The van der Waals surface area contributed by atoms with Gasteiger partial charge in [-0.05, 0) is 24.0 Å². The van der Waals surface area contributed by atoms with Crippen molar-refractivity contribution < 1.29 is 0 Å². The quantitative estimate of drug-likeness (QED) is 0.481. The van der Waals surface area contributed by atoms with Gasteiger partial charge < -0.3 is 0 Å². The van der Waals surface area contributed by atoms with Gasteiger partial charge in [-0.15, -0.1) is 0 Å². The zero-order valence-corrected chi connectivity index (χ0v) is 6.14. The molecule has 0 radical (unpaired) electrons. The predicted molar refractivity (Wildman–Crippen MR) is 45.8 cm³/mol. The van der Waals surface area contributed by atoms with Gasteiger partial charge in [0.25, 0.3) is 0 Å². The average Bonchev–Trinajstić information content (AvgIpc) is 1.94. The molecule has 0 unspecified atom stereocenters. The van der Waals surface area contributed by atoms with Gasteiger partial charge in [0.05, 0.1) is 0 Å². The highest BCUT2D eigenvalue weighted by Gasteiger charge is 2.01. The van der Waals surface area contributed by atoms with E-state index in [-0.39, 0.29) is 0 Å². The normalized spacial score (nSPS) is 21.6. The molecule has 0 spiro atoms. The summed E-state index contributed by atoms with van der Waals surface area (Å²) in [4.78, 5) is 0. The van der Waals surface area contributed by atoms with Crippen molar-refractivity contribution in [3.8, 4) is 0 Å². The van der Waals surface area contributed by atoms with Crippen molar-refractivity contribution in [3.05, 3.63) is 48.6 Å². The van der Waals surface area contributed by atoms with Crippen LogP contribution in [0.2, 0.25) is 0 Å². The fourth-order valence-corrected chi connectivity index (χ4v) is 1.04. The smallest absolute Gasteiger partial charge is 0.00947 e.